The molecule has 0 aliphatic rings. The highest BCUT2D eigenvalue weighted by Crippen LogP contribution is 2.24. The van der Waals surface area contributed by atoms with E-state index >= 15 is 0 Å². The Balaban J connectivity index is 2.47. The van der Waals surface area contributed by atoms with Crippen LogP contribution < -0.4 is 0 Å². The van der Waals surface area contributed by atoms with Gasteiger partial charge < -0.3 is 5.11 Å². The van der Waals surface area contributed by atoms with Gasteiger partial charge in [-0.05, 0) is 18.2 Å². The highest BCUT2D eigenvalue weighted by atomic mass is 35.5. The largest absolute Gasteiger partial charge is 0.478 e. The Labute approximate surface area is 120 Å². The summed E-state index contributed by atoms with van der Waals surface area (Å²) >= 11 is 12.1. The molecule has 0 unspecified atom stereocenters. The number of nitrogens with zero attached hydrogens (tertiary/aromatic N) is 1. The molecular weight excluding hydrogens is 285 g/mol. The Morgan fingerprint density at radius 1 is 1.00 bits per heavy atom. The van der Waals surface area contributed by atoms with Crippen LogP contribution in [-0.4, -0.2) is 16.2 Å². The SMILES string of the molecule is O=C(O)c1ccccc1N=C(Cl)c1ccccc1Cl. The van der Waals surface area contributed by atoms with Crippen molar-refractivity contribution in [1.82, 2.24) is 0 Å². The van der Waals surface area contributed by atoms with E-state index in [0.717, 1.165) is 0 Å². The third kappa shape index (κ3) is 3.13. The molecule has 2 aromatic rings. The van der Waals surface area contributed by atoms with E-state index in [2.05, 4.69) is 4.99 Å². The molecule has 0 spiro atoms. The Hall–Kier alpha value is -1.84. The normalized spacial score (nSPS) is 11.4. The van der Waals surface area contributed by atoms with Crippen LogP contribution in [0.4, 0.5) is 5.69 Å². The zero-order chi connectivity index (χ0) is 13.8. The summed E-state index contributed by atoms with van der Waals surface area (Å²) in [5.41, 5.74) is 0.943. The maximum atomic E-state index is 11.1. The van der Waals surface area contributed by atoms with Gasteiger partial charge in [-0.15, -0.1) is 0 Å². The van der Waals surface area contributed by atoms with Crippen molar-refractivity contribution in [1.29, 1.82) is 0 Å². The molecule has 0 saturated heterocycles. The number of aromatic carboxylic acids is 1. The molecule has 0 aliphatic carbocycles. The van der Waals surface area contributed by atoms with Crippen molar-refractivity contribution in [2.75, 3.05) is 0 Å². The van der Waals surface area contributed by atoms with E-state index in [1.807, 2.05) is 0 Å². The number of aliphatic imine (C=N–C) groups is 1. The summed E-state index contributed by atoms with van der Waals surface area (Å²) in [6.07, 6.45) is 0. The second-order valence-electron chi connectivity index (χ2n) is 3.70. The van der Waals surface area contributed by atoms with Gasteiger partial charge in [-0.1, -0.05) is 53.5 Å². The average Bonchev–Trinajstić information content (AvgIpc) is 2.39. The maximum Gasteiger partial charge on any atom is 0.337 e. The van der Waals surface area contributed by atoms with Gasteiger partial charge in [0, 0.05) is 5.56 Å². The monoisotopic (exact) mass is 293 g/mol. The van der Waals surface area contributed by atoms with Gasteiger partial charge in [0.05, 0.1) is 16.3 Å². The molecule has 0 aromatic heterocycles. The van der Waals surface area contributed by atoms with Gasteiger partial charge in [0.2, 0.25) is 0 Å². The average molecular weight is 294 g/mol. The van der Waals surface area contributed by atoms with Crippen molar-refractivity contribution >= 4 is 40.0 Å². The molecule has 5 heteroatoms. The van der Waals surface area contributed by atoms with Gasteiger partial charge in [0.1, 0.15) is 5.17 Å². The summed E-state index contributed by atoms with van der Waals surface area (Å²) < 4.78 is 0. The Bertz CT molecular complexity index is 653. The van der Waals surface area contributed by atoms with Crippen molar-refractivity contribution in [2.45, 2.75) is 0 Å². The van der Waals surface area contributed by atoms with Crippen LogP contribution in [0, 0.1) is 0 Å². The van der Waals surface area contributed by atoms with Crippen LogP contribution in [0.25, 0.3) is 0 Å². The number of rotatable bonds is 3. The Morgan fingerprint density at radius 3 is 2.21 bits per heavy atom. The molecule has 0 amide bonds. The van der Waals surface area contributed by atoms with Crippen molar-refractivity contribution in [2.24, 2.45) is 4.99 Å². The third-order valence-electron chi connectivity index (χ3n) is 2.45. The molecule has 2 rings (SSSR count). The number of para-hydroxylation sites is 1. The van der Waals surface area contributed by atoms with Crippen molar-refractivity contribution in [3.63, 3.8) is 0 Å². The first-order valence-electron chi connectivity index (χ1n) is 5.41. The molecule has 0 bridgehead atoms. The van der Waals surface area contributed by atoms with Gasteiger partial charge in [-0.25, -0.2) is 9.79 Å². The third-order valence-corrected chi connectivity index (χ3v) is 3.07. The number of carboxylic acid groups (broad SMARTS) is 1. The zero-order valence-corrected chi connectivity index (χ0v) is 11.2. The van der Waals surface area contributed by atoms with E-state index in [4.69, 9.17) is 28.3 Å². The summed E-state index contributed by atoms with van der Waals surface area (Å²) in [4.78, 5) is 15.2. The van der Waals surface area contributed by atoms with Gasteiger partial charge in [-0.2, -0.15) is 0 Å². The number of hydrogen-bond acceptors (Lipinski definition) is 2. The van der Waals surface area contributed by atoms with Crippen LogP contribution in [0.2, 0.25) is 5.02 Å². The van der Waals surface area contributed by atoms with Crippen LogP contribution in [0.15, 0.2) is 53.5 Å². The predicted octanol–water partition coefficient (Wildman–Crippen LogP) is 4.36. The van der Waals surface area contributed by atoms with E-state index in [0.29, 0.717) is 16.3 Å². The molecule has 0 heterocycles. The van der Waals surface area contributed by atoms with E-state index in [1.54, 1.807) is 42.5 Å². The van der Waals surface area contributed by atoms with Crippen molar-refractivity contribution in [3.8, 4) is 0 Å². The fourth-order valence-corrected chi connectivity index (χ4v) is 2.08. The first-order chi connectivity index (χ1) is 9.09. The number of carbonyl (C=O) groups is 1. The highest BCUT2D eigenvalue weighted by Gasteiger charge is 2.10. The standard InChI is InChI=1S/C14H9Cl2NO2/c15-11-7-3-1-5-9(11)13(16)17-12-8-4-2-6-10(12)14(18)19/h1-8H,(H,18,19). The van der Waals surface area contributed by atoms with Crippen LogP contribution >= 0.6 is 23.2 Å². The Morgan fingerprint density at radius 2 is 1.58 bits per heavy atom. The second-order valence-corrected chi connectivity index (χ2v) is 4.47. The number of halogens is 2. The van der Waals surface area contributed by atoms with Crippen LogP contribution in [0.3, 0.4) is 0 Å². The van der Waals surface area contributed by atoms with E-state index in [-0.39, 0.29) is 10.7 Å². The fraction of sp³-hybridized carbons (Fsp3) is 0. The van der Waals surface area contributed by atoms with Crippen LogP contribution in [-0.2, 0) is 0 Å². The first-order valence-corrected chi connectivity index (χ1v) is 6.16. The predicted molar refractivity (Wildman–Crippen MR) is 76.9 cm³/mol. The summed E-state index contributed by atoms with van der Waals surface area (Å²) in [5, 5.41) is 9.68. The lowest BCUT2D eigenvalue weighted by atomic mass is 10.2. The van der Waals surface area contributed by atoms with Gasteiger partial charge in [0.15, 0.2) is 0 Å². The van der Waals surface area contributed by atoms with E-state index in [1.165, 1.54) is 6.07 Å². The summed E-state index contributed by atoms with van der Waals surface area (Å²) in [5.74, 6) is -1.05. The summed E-state index contributed by atoms with van der Waals surface area (Å²) in [6.45, 7) is 0. The van der Waals surface area contributed by atoms with Crippen molar-refractivity contribution < 1.29 is 9.90 Å². The minimum absolute atomic E-state index is 0.0905. The molecule has 0 saturated carbocycles. The molecular formula is C14H9Cl2NO2. The molecule has 0 aliphatic heterocycles. The highest BCUT2D eigenvalue weighted by molar-refractivity contribution is 6.70. The summed E-state index contributed by atoms with van der Waals surface area (Å²) in [7, 11) is 0. The number of hydrogen-bond donors (Lipinski definition) is 1. The van der Waals surface area contributed by atoms with Crippen LogP contribution in [0.1, 0.15) is 15.9 Å². The van der Waals surface area contributed by atoms with Gasteiger partial charge in [0.25, 0.3) is 0 Å². The molecule has 96 valence electrons. The van der Waals surface area contributed by atoms with E-state index in [9.17, 15) is 4.79 Å². The minimum Gasteiger partial charge on any atom is -0.478 e. The van der Waals surface area contributed by atoms with Gasteiger partial charge >= 0.3 is 5.97 Å². The molecule has 0 radical (unpaired) electrons. The first kappa shape index (κ1) is 13.6. The van der Waals surface area contributed by atoms with E-state index < -0.39 is 5.97 Å². The Kier molecular flexibility index (Phi) is 4.20. The van der Waals surface area contributed by atoms with Gasteiger partial charge in [-0.3, -0.25) is 0 Å². The van der Waals surface area contributed by atoms with Crippen molar-refractivity contribution in [3.05, 3.63) is 64.7 Å². The lowest BCUT2D eigenvalue weighted by molar-refractivity contribution is 0.0698. The summed E-state index contributed by atoms with van der Waals surface area (Å²) in [6, 6.07) is 13.4. The fourth-order valence-electron chi connectivity index (χ4n) is 1.55. The molecule has 0 atom stereocenters. The zero-order valence-electron chi connectivity index (χ0n) is 9.68. The number of carboxylic acids is 1. The maximum absolute atomic E-state index is 11.1. The topological polar surface area (TPSA) is 49.7 Å². The molecule has 1 N–H and O–H groups in total. The molecule has 3 nitrogen and oxygen atoms in total. The molecule has 0 fully saturated rings. The minimum atomic E-state index is -1.05. The smallest absolute Gasteiger partial charge is 0.337 e. The quantitative estimate of drug-likeness (QED) is 0.855. The second kappa shape index (κ2) is 5.87. The van der Waals surface area contributed by atoms with Crippen LogP contribution in [0.5, 0.6) is 0 Å². The molecule has 2 aromatic carbocycles. The lowest BCUT2D eigenvalue weighted by Gasteiger charge is -2.03. The molecule has 19 heavy (non-hydrogen) atoms. The lowest BCUT2D eigenvalue weighted by Crippen LogP contribution is -1.98. The number of benzene rings is 2.